The number of aromatic hydroxyl groups is 1. The molecule has 1 saturated heterocycles. The first kappa shape index (κ1) is 16.4. The fourth-order valence-corrected chi connectivity index (χ4v) is 4.41. The Morgan fingerprint density at radius 3 is 2.72 bits per heavy atom. The van der Waals surface area contributed by atoms with Crippen LogP contribution in [0.2, 0.25) is 0 Å². The predicted molar refractivity (Wildman–Crippen MR) is 87.0 cm³/mol. The summed E-state index contributed by atoms with van der Waals surface area (Å²) in [6.07, 6.45) is 0. The summed E-state index contributed by atoms with van der Waals surface area (Å²) in [5.41, 5.74) is 0.604. The SMILES string of the molecule is Cc1nc2sc([C@H](c3ccc(F)c(F)c3)[NH+]3CCOCC3)c(O)n2n1. The number of nitrogens with one attached hydrogen (secondary N) is 1. The Kier molecular flexibility index (Phi) is 4.14. The molecule has 0 radical (unpaired) electrons. The number of ether oxygens (including phenoxy) is 1. The first-order valence-corrected chi connectivity index (χ1v) is 8.78. The van der Waals surface area contributed by atoms with Crippen LogP contribution in [0.25, 0.3) is 4.96 Å². The van der Waals surface area contributed by atoms with E-state index in [9.17, 15) is 13.9 Å². The Morgan fingerprint density at radius 2 is 2.04 bits per heavy atom. The fraction of sp³-hybridized carbons (Fsp3) is 0.375. The van der Waals surface area contributed by atoms with E-state index in [2.05, 4.69) is 10.1 Å². The normalized spacial score (nSPS) is 17.2. The minimum atomic E-state index is -0.898. The molecule has 132 valence electrons. The average molecular weight is 367 g/mol. The number of rotatable bonds is 3. The van der Waals surface area contributed by atoms with E-state index in [-0.39, 0.29) is 11.9 Å². The molecule has 1 aromatic carbocycles. The molecule has 0 bridgehead atoms. The van der Waals surface area contributed by atoms with Gasteiger partial charge in [0.15, 0.2) is 17.7 Å². The summed E-state index contributed by atoms with van der Waals surface area (Å²) in [5, 5.41) is 14.8. The van der Waals surface area contributed by atoms with Crippen LogP contribution < -0.4 is 4.90 Å². The first-order chi connectivity index (χ1) is 12.0. The standard InChI is InChI=1S/C16H16F2N4O2S/c1-9-19-16-22(20-9)15(23)14(25-16)13(21-4-6-24-7-5-21)10-2-3-11(17)12(18)8-10/h2-3,8,13,23H,4-7H2,1H3/p+1/t13-/m0/s1. The first-order valence-electron chi connectivity index (χ1n) is 7.97. The van der Waals surface area contributed by atoms with Gasteiger partial charge in [-0.2, -0.15) is 4.52 Å². The Balaban J connectivity index is 1.84. The van der Waals surface area contributed by atoms with Crippen molar-refractivity contribution in [3.63, 3.8) is 0 Å². The van der Waals surface area contributed by atoms with Crippen LogP contribution in [0.3, 0.4) is 0 Å². The van der Waals surface area contributed by atoms with Crippen molar-refractivity contribution in [2.45, 2.75) is 13.0 Å². The number of hydrogen-bond donors (Lipinski definition) is 2. The van der Waals surface area contributed by atoms with Gasteiger partial charge in [-0.1, -0.05) is 11.3 Å². The average Bonchev–Trinajstić information content (AvgIpc) is 3.10. The maximum Gasteiger partial charge on any atom is 0.235 e. The van der Waals surface area contributed by atoms with E-state index in [1.54, 1.807) is 13.0 Å². The minimum Gasteiger partial charge on any atom is -0.492 e. The van der Waals surface area contributed by atoms with Crippen molar-refractivity contribution in [3.05, 3.63) is 46.1 Å². The molecule has 1 atom stereocenters. The number of aromatic nitrogens is 3. The number of morpholine rings is 1. The molecule has 9 heteroatoms. The molecular weight excluding hydrogens is 350 g/mol. The van der Waals surface area contributed by atoms with Gasteiger partial charge in [0.1, 0.15) is 23.8 Å². The van der Waals surface area contributed by atoms with E-state index in [0.717, 1.165) is 11.0 Å². The second kappa shape index (κ2) is 6.32. The second-order valence-corrected chi connectivity index (χ2v) is 7.03. The Bertz CT molecular complexity index is 920. The van der Waals surface area contributed by atoms with Crippen molar-refractivity contribution in [2.24, 2.45) is 0 Å². The highest BCUT2D eigenvalue weighted by Crippen LogP contribution is 2.35. The van der Waals surface area contributed by atoms with Crippen LogP contribution in [-0.4, -0.2) is 46.0 Å². The quantitative estimate of drug-likeness (QED) is 0.727. The lowest BCUT2D eigenvalue weighted by Gasteiger charge is -2.31. The molecular formula is C16H17F2N4O2S+. The number of nitrogens with zero attached hydrogens (tertiary/aromatic N) is 3. The predicted octanol–water partition coefficient (Wildman–Crippen LogP) is 1.09. The smallest absolute Gasteiger partial charge is 0.235 e. The molecule has 0 aliphatic carbocycles. The molecule has 25 heavy (non-hydrogen) atoms. The molecule has 1 aliphatic heterocycles. The molecule has 0 amide bonds. The number of hydrogen-bond acceptors (Lipinski definition) is 5. The van der Waals surface area contributed by atoms with E-state index in [1.807, 2.05) is 0 Å². The summed E-state index contributed by atoms with van der Waals surface area (Å²) >= 11 is 1.31. The largest absolute Gasteiger partial charge is 0.492 e. The van der Waals surface area contributed by atoms with Gasteiger partial charge in [0, 0.05) is 5.56 Å². The molecule has 1 aliphatic rings. The van der Waals surface area contributed by atoms with Crippen molar-refractivity contribution in [1.82, 2.24) is 14.6 Å². The minimum absolute atomic E-state index is 0.00525. The summed E-state index contributed by atoms with van der Waals surface area (Å²) in [5.74, 6) is -1.22. The zero-order chi connectivity index (χ0) is 17.6. The number of quaternary nitrogens is 1. The van der Waals surface area contributed by atoms with Crippen molar-refractivity contribution < 1.29 is 23.5 Å². The number of aryl methyl sites for hydroxylation is 1. The van der Waals surface area contributed by atoms with E-state index in [0.29, 0.717) is 47.5 Å². The fourth-order valence-electron chi connectivity index (χ4n) is 3.22. The summed E-state index contributed by atoms with van der Waals surface area (Å²) in [7, 11) is 0. The van der Waals surface area contributed by atoms with Crippen LogP contribution in [-0.2, 0) is 4.74 Å². The topological polar surface area (TPSA) is 64.1 Å². The lowest BCUT2D eigenvalue weighted by Crippen LogP contribution is -3.14. The van der Waals surface area contributed by atoms with Crippen LogP contribution >= 0.6 is 11.3 Å². The third-order valence-electron chi connectivity index (χ3n) is 4.39. The molecule has 3 aromatic rings. The van der Waals surface area contributed by atoms with Crippen molar-refractivity contribution in [3.8, 4) is 5.88 Å². The summed E-state index contributed by atoms with van der Waals surface area (Å²) in [4.78, 5) is 6.62. The van der Waals surface area contributed by atoms with Crippen LogP contribution in [0.5, 0.6) is 5.88 Å². The maximum absolute atomic E-state index is 13.8. The van der Waals surface area contributed by atoms with Gasteiger partial charge in [0.25, 0.3) is 0 Å². The summed E-state index contributed by atoms with van der Waals surface area (Å²) < 4.78 is 34.0. The maximum atomic E-state index is 13.8. The van der Waals surface area contributed by atoms with Gasteiger partial charge >= 0.3 is 0 Å². The number of fused-ring (bicyclic) bond motifs is 1. The molecule has 4 rings (SSSR count). The molecule has 2 N–H and O–H groups in total. The van der Waals surface area contributed by atoms with Crippen LogP contribution in [0.15, 0.2) is 18.2 Å². The zero-order valence-electron chi connectivity index (χ0n) is 13.5. The number of halogens is 2. The van der Waals surface area contributed by atoms with Crippen LogP contribution in [0.4, 0.5) is 8.78 Å². The van der Waals surface area contributed by atoms with Gasteiger partial charge in [0.2, 0.25) is 10.8 Å². The second-order valence-electron chi connectivity index (χ2n) is 6.02. The molecule has 2 aromatic heterocycles. The molecule has 0 unspecified atom stereocenters. The van der Waals surface area contributed by atoms with Gasteiger partial charge in [-0.15, -0.1) is 5.10 Å². The van der Waals surface area contributed by atoms with Crippen molar-refractivity contribution in [1.29, 1.82) is 0 Å². The van der Waals surface area contributed by atoms with Gasteiger partial charge in [-0.3, -0.25) is 0 Å². The van der Waals surface area contributed by atoms with E-state index in [1.165, 1.54) is 21.9 Å². The Morgan fingerprint density at radius 1 is 1.28 bits per heavy atom. The molecule has 3 heterocycles. The van der Waals surface area contributed by atoms with Crippen molar-refractivity contribution >= 4 is 16.3 Å². The summed E-state index contributed by atoms with van der Waals surface area (Å²) in [6.45, 7) is 4.32. The third kappa shape index (κ3) is 2.88. The highest BCUT2D eigenvalue weighted by Gasteiger charge is 2.34. The van der Waals surface area contributed by atoms with Gasteiger partial charge < -0.3 is 14.7 Å². The Labute approximate surface area is 146 Å². The molecule has 0 saturated carbocycles. The van der Waals surface area contributed by atoms with E-state index < -0.39 is 11.6 Å². The van der Waals surface area contributed by atoms with E-state index in [4.69, 9.17) is 4.74 Å². The highest BCUT2D eigenvalue weighted by molar-refractivity contribution is 7.17. The Hall–Kier alpha value is -2.10. The van der Waals surface area contributed by atoms with Gasteiger partial charge in [-0.25, -0.2) is 13.8 Å². The van der Waals surface area contributed by atoms with Gasteiger partial charge in [0.05, 0.1) is 13.2 Å². The third-order valence-corrected chi connectivity index (χ3v) is 5.47. The van der Waals surface area contributed by atoms with E-state index >= 15 is 0 Å². The number of benzene rings is 1. The summed E-state index contributed by atoms with van der Waals surface area (Å²) in [6, 6.07) is 3.54. The lowest BCUT2D eigenvalue weighted by atomic mass is 10.0. The molecule has 1 fully saturated rings. The van der Waals surface area contributed by atoms with Crippen LogP contribution in [0, 0.1) is 18.6 Å². The highest BCUT2D eigenvalue weighted by atomic mass is 32.1. The monoisotopic (exact) mass is 367 g/mol. The zero-order valence-corrected chi connectivity index (χ0v) is 14.3. The molecule has 6 nitrogen and oxygen atoms in total. The molecule has 0 spiro atoms. The lowest BCUT2D eigenvalue weighted by molar-refractivity contribution is -0.932. The van der Waals surface area contributed by atoms with Crippen molar-refractivity contribution in [2.75, 3.05) is 26.3 Å². The number of thiazole rings is 1. The van der Waals surface area contributed by atoms with Gasteiger partial charge in [-0.05, 0) is 25.1 Å². The van der Waals surface area contributed by atoms with Crippen LogP contribution in [0.1, 0.15) is 22.3 Å².